The molecular formula is C23H23Cl3O3. The Morgan fingerprint density at radius 2 is 1.52 bits per heavy atom. The summed E-state index contributed by atoms with van der Waals surface area (Å²) in [7, 11) is 0. The Hall–Kier alpha value is -1.52. The van der Waals surface area contributed by atoms with E-state index < -0.39 is 11.2 Å². The highest BCUT2D eigenvalue weighted by Crippen LogP contribution is 2.43. The molecule has 1 N–H and O–H groups in total. The van der Waals surface area contributed by atoms with Crippen molar-refractivity contribution in [2.24, 2.45) is 0 Å². The summed E-state index contributed by atoms with van der Waals surface area (Å²) < 4.78 is 5.86. The van der Waals surface area contributed by atoms with Crippen molar-refractivity contribution in [3.63, 3.8) is 0 Å². The minimum absolute atomic E-state index is 0.0751. The van der Waals surface area contributed by atoms with E-state index in [1.807, 2.05) is 25.1 Å². The summed E-state index contributed by atoms with van der Waals surface area (Å²) in [4.78, 5) is 13.2. The van der Waals surface area contributed by atoms with Crippen molar-refractivity contribution in [3.05, 3.63) is 62.3 Å². The molecule has 1 heterocycles. The molecule has 0 spiro atoms. The molecule has 0 atom stereocenters. The lowest BCUT2D eigenvalue weighted by Gasteiger charge is -2.40. The van der Waals surface area contributed by atoms with Gasteiger partial charge in [0.15, 0.2) is 5.78 Å². The number of carbonyl (C=O) groups excluding carboxylic acids is 1. The predicted molar refractivity (Wildman–Crippen MR) is 120 cm³/mol. The minimum Gasteiger partial charge on any atom is -0.508 e. The van der Waals surface area contributed by atoms with Gasteiger partial charge in [-0.15, -0.1) is 0 Å². The second kappa shape index (κ2) is 7.63. The maximum absolute atomic E-state index is 13.2. The van der Waals surface area contributed by atoms with Crippen LogP contribution < -0.4 is 0 Å². The molecule has 0 saturated carbocycles. The number of ether oxygens (including phenoxy) is 1. The monoisotopic (exact) mass is 452 g/mol. The zero-order valence-electron chi connectivity index (χ0n) is 17.0. The largest absolute Gasteiger partial charge is 0.508 e. The molecule has 0 radical (unpaired) electrons. The van der Waals surface area contributed by atoms with Gasteiger partial charge in [0.2, 0.25) is 0 Å². The zero-order valence-corrected chi connectivity index (χ0v) is 19.3. The van der Waals surface area contributed by atoms with Gasteiger partial charge < -0.3 is 9.84 Å². The molecule has 1 aliphatic rings. The second-order valence-corrected chi connectivity index (χ2v) is 9.37. The lowest BCUT2D eigenvalue weighted by atomic mass is 9.80. The van der Waals surface area contributed by atoms with E-state index in [4.69, 9.17) is 39.5 Å². The Morgan fingerprint density at radius 3 is 2.14 bits per heavy atom. The Labute approximate surface area is 186 Å². The van der Waals surface area contributed by atoms with Gasteiger partial charge in [-0.05, 0) is 69.0 Å². The molecule has 0 aromatic heterocycles. The number of hydrogen-bond donors (Lipinski definition) is 1. The fraction of sp³-hybridized carbons (Fsp3) is 0.348. The molecule has 6 heteroatoms. The summed E-state index contributed by atoms with van der Waals surface area (Å²) >= 11 is 18.7. The summed E-state index contributed by atoms with van der Waals surface area (Å²) in [6, 6.07) is 9.02. The number of rotatable bonds is 3. The maximum atomic E-state index is 13.2. The number of aliphatic hydroxyl groups excluding tert-OH is 1. The van der Waals surface area contributed by atoms with Crippen LogP contribution in [0.15, 0.2) is 36.1 Å². The Morgan fingerprint density at radius 1 is 0.897 bits per heavy atom. The molecular weight excluding hydrogens is 431 g/mol. The van der Waals surface area contributed by atoms with Crippen LogP contribution in [-0.4, -0.2) is 22.1 Å². The fourth-order valence-corrected chi connectivity index (χ4v) is 4.38. The molecule has 0 amide bonds. The molecule has 3 rings (SSSR count). The molecule has 0 unspecified atom stereocenters. The summed E-state index contributed by atoms with van der Waals surface area (Å²) in [5, 5.41) is 12.1. The van der Waals surface area contributed by atoms with E-state index in [1.54, 1.807) is 39.8 Å². The van der Waals surface area contributed by atoms with Crippen LogP contribution >= 0.6 is 34.8 Å². The third kappa shape index (κ3) is 3.94. The number of benzene rings is 2. The average molecular weight is 454 g/mol. The first-order chi connectivity index (χ1) is 13.4. The number of aryl methyl sites for hydroxylation is 1. The van der Waals surface area contributed by atoms with Crippen LogP contribution in [-0.2, 0) is 16.0 Å². The predicted octanol–water partition coefficient (Wildman–Crippen LogP) is 7.30. The van der Waals surface area contributed by atoms with E-state index in [9.17, 15) is 9.90 Å². The molecule has 0 bridgehead atoms. The smallest absolute Gasteiger partial charge is 0.198 e. The van der Waals surface area contributed by atoms with Gasteiger partial charge in [0.25, 0.3) is 0 Å². The van der Waals surface area contributed by atoms with E-state index in [0.717, 1.165) is 11.1 Å². The first-order valence-corrected chi connectivity index (χ1v) is 10.5. The van der Waals surface area contributed by atoms with Gasteiger partial charge in [0.05, 0.1) is 15.6 Å². The molecule has 0 aliphatic carbocycles. The minimum atomic E-state index is -1.06. The van der Waals surface area contributed by atoms with Crippen molar-refractivity contribution in [2.45, 2.75) is 52.2 Å². The second-order valence-electron chi connectivity index (χ2n) is 8.15. The SMILES string of the molecule is CCc1ccc(-c2cc(Cl)c(Cl)cc2Cl)cc1C1=C(O)C(C)(C)OC(C)(C)C1=O. The van der Waals surface area contributed by atoms with E-state index >= 15 is 0 Å². The standard InChI is InChI=1S/C23H23Cl3O3/c1-6-12-7-8-13(14-10-17(25)18(26)11-16(14)24)9-15(12)19-20(27)22(2,3)29-23(4,5)21(19)28/h7-11,27H,6H2,1-5H3. The van der Waals surface area contributed by atoms with Crippen molar-refractivity contribution >= 4 is 46.2 Å². The van der Waals surface area contributed by atoms with E-state index in [2.05, 4.69) is 0 Å². The van der Waals surface area contributed by atoms with Gasteiger partial charge in [-0.3, -0.25) is 4.79 Å². The van der Waals surface area contributed by atoms with E-state index in [1.165, 1.54) is 0 Å². The van der Waals surface area contributed by atoms with Gasteiger partial charge in [-0.25, -0.2) is 0 Å². The molecule has 154 valence electrons. The van der Waals surface area contributed by atoms with Crippen LogP contribution in [0.4, 0.5) is 0 Å². The number of ketones is 1. The molecule has 0 fully saturated rings. The maximum Gasteiger partial charge on any atom is 0.198 e. The average Bonchev–Trinajstić information content (AvgIpc) is 2.63. The van der Waals surface area contributed by atoms with Crippen LogP contribution in [0.25, 0.3) is 16.7 Å². The van der Waals surface area contributed by atoms with Crippen LogP contribution in [0.5, 0.6) is 0 Å². The topological polar surface area (TPSA) is 46.5 Å². The number of hydrogen-bond acceptors (Lipinski definition) is 3. The van der Waals surface area contributed by atoms with Crippen LogP contribution in [0.3, 0.4) is 0 Å². The normalized spacial score (nSPS) is 18.3. The summed E-state index contributed by atoms with van der Waals surface area (Å²) in [5.41, 5.74) is 1.30. The number of Topliss-reactive ketones (excluding diaryl/α,β-unsaturated/α-hetero) is 1. The van der Waals surface area contributed by atoms with Crippen LogP contribution in [0, 0.1) is 0 Å². The van der Waals surface area contributed by atoms with Crippen molar-refractivity contribution in [1.29, 1.82) is 0 Å². The first-order valence-electron chi connectivity index (χ1n) is 9.36. The van der Waals surface area contributed by atoms with E-state index in [-0.39, 0.29) is 17.1 Å². The molecule has 1 aliphatic heterocycles. The summed E-state index contributed by atoms with van der Waals surface area (Å²) in [6.45, 7) is 8.94. The first kappa shape index (κ1) is 22.2. The Kier molecular flexibility index (Phi) is 5.83. The lowest BCUT2D eigenvalue weighted by Crippen LogP contribution is -2.49. The quantitative estimate of drug-likeness (QED) is 0.496. The summed E-state index contributed by atoms with van der Waals surface area (Å²) in [6.07, 6.45) is 0.691. The van der Waals surface area contributed by atoms with Gasteiger partial charge >= 0.3 is 0 Å². The number of halogens is 3. The Balaban J connectivity index is 2.29. The molecule has 2 aromatic rings. The molecule has 0 saturated heterocycles. The Bertz CT molecular complexity index is 1040. The zero-order chi connectivity index (χ0) is 21.7. The molecule has 29 heavy (non-hydrogen) atoms. The van der Waals surface area contributed by atoms with Gasteiger partial charge in [0.1, 0.15) is 17.0 Å². The third-order valence-electron chi connectivity index (χ3n) is 5.17. The molecule has 2 aromatic carbocycles. The third-order valence-corrected chi connectivity index (χ3v) is 6.21. The van der Waals surface area contributed by atoms with Gasteiger partial charge in [-0.1, -0.05) is 53.9 Å². The van der Waals surface area contributed by atoms with Crippen LogP contribution in [0.1, 0.15) is 45.7 Å². The van der Waals surface area contributed by atoms with Crippen molar-refractivity contribution in [1.82, 2.24) is 0 Å². The highest BCUT2D eigenvalue weighted by atomic mass is 35.5. The van der Waals surface area contributed by atoms with Crippen molar-refractivity contribution < 1.29 is 14.6 Å². The van der Waals surface area contributed by atoms with Crippen molar-refractivity contribution in [3.8, 4) is 11.1 Å². The molecule has 3 nitrogen and oxygen atoms in total. The van der Waals surface area contributed by atoms with Gasteiger partial charge in [-0.2, -0.15) is 0 Å². The lowest BCUT2D eigenvalue weighted by molar-refractivity contribution is -0.158. The van der Waals surface area contributed by atoms with E-state index in [0.29, 0.717) is 32.6 Å². The number of carbonyl (C=O) groups is 1. The van der Waals surface area contributed by atoms with Crippen LogP contribution in [0.2, 0.25) is 15.1 Å². The van der Waals surface area contributed by atoms with Crippen molar-refractivity contribution in [2.75, 3.05) is 0 Å². The number of aliphatic hydroxyl groups is 1. The summed E-state index contributed by atoms with van der Waals surface area (Å²) in [5.74, 6) is -0.338. The van der Waals surface area contributed by atoms with Gasteiger partial charge in [0, 0.05) is 10.6 Å². The fourth-order valence-electron chi connectivity index (χ4n) is 3.72. The highest BCUT2D eigenvalue weighted by Gasteiger charge is 2.47. The highest BCUT2D eigenvalue weighted by molar-refractivity contribution is 6.44.